The molecule has 1 aromatic heterocycles. The summed E-state index contributed by atoms with van der Waals surface area (Å²) in [6.07, 6.45) is -8.28. The molecule has 0 amide bonds. The average Bonchev–Trinajstić information content (AvgIpc) is 2.14. The lowest BCUT2D eigenvalue weighted by atomic mass is 10.1. The van der Waals surface area contributed by atoms with Gasteiger partial charge in [0.1, 0.15) is 11.8 Å². The number of hydrogen-bond donors (Lipinski definition) is 0. The van der Waals surface area contributed by atoms with Gasteiger partial charge in [-0.25, -0.2) is 13.8 Å². The first-order valence-electron chi connectivity index (χ1n) is 4.04. The molecule has 0 radical (unpaired) electrons. The molecule has 0 saturated carbocycles. The first-order chi connectivity index (χ1) is 7.27. The zero-order valence-electron chi connectivity index (χ0n) is 7.94. The van der Waals surface area contributed by atoms with Gasteiger partial charge in [-0.2, -0.15) is 18.4 Å². The van der Waals surface area contributed by atoms with Gasteiger partial charge in [-0.05, 0) is 18.6 Å². The summed E-state index contributed by atoms with van der Waals surface area (Å²) in [6, 6.07) is 2.29. The van der Waals surface area contributed by atoms with Crippen molar-refractivity contribution >= 4 is 0 Å². The zero-order valence-corrected chi connectivity index (χ0v) is 7.94. The number of halogens is 5. The number of hydrogen-bond acceptors (Lipinski definition) is 2. The predicted octanol–water partition coefficient (Wildman–Crippen LogP) is 3.22. The van der Waals surface area contributed by atoms with E-state index in [4.69, 9.17) is 5.26 Å². The molecule has 0 unspecified atom stereocenters. The molecule has 0 N–H and O–H groups in total. The second-order valence-corrected chi connectivity index (χ2v) is 3.00. The molecule has 0 aromatic carbocycles. The molecular formula is C9H5F5N2. The van der Waals surface area contributed by atoms with Crippen LogP contribution < -0.4 is 0 Å². The van der Waals surface area contributed by atoms with Crippen LogP contribution in [0.2, 0.25) is 0 Å². The molecule has 0 saturated heterocycles. The van der Waals surface area contributed by atoms with Crippen LogP contribution in [0.3, 0.4) is 0 Å². The minimum atomic E-state index is -5.00. The monoisotopic (exact) mass is 236 g/mol. The molecule has 0 fully saturated rings. The molecule has 0 atom stereocenters. The molecule has 86 valence electrons. The van der Waals surface area contributed by atoms with E-state index in [1.54, 1.807) is 0 Å². The number of aromatic nitrogens is 1. The minimum Gasteiger partial charge on any atom is -0.232 e. The molecule has 2 nitrogen and oxygen atoms in total. The van der Waals surface area contributed by atoms with Gasteiger partial charge in [-0.15, -0.1) is 0 Å². The first-order valence-corrected chi connectivity index (χ1v) is 4.04. The second kappa shape index (κ2) is 4.04. The Balaban J connectivity index is 3.55. The lowest BCUT2D eigenvalue weighted by molar-refractivity contribution is -0.143. The van der Waals surface area contributed by atoms with Gasteiger partial charge in [0.25, 0.3) is 6.43 Å². The molecular weight excluding hydrogens is 231 g/mol. The number of nitriles is 1. The molecule has 1 rings (SSSR count). The van der Waals surface area contributed by atoms with Gasteiger partial charge in [0.15, 0.2) is 5.69 Å². The van der Waals surface area contributed by atoms with Gasteiger partial charge in [-0.1, -0.05) is 0 Å². The van der Waals surface area contributed by atoms with E-state index in [0.717, 1.165) is 13.0 Å². The van der Waals surface area contributed by atoms with Crippen molar-refractivity contribution in [2.75, 3.05) is 0 Å². The highest BCUT2D eigenvalue weighted by Gasteiger charge is 2.39. The number of rotatable bonds is 1. The fourth-order valence-corrected chi connectivity index (χ4v) is 1.23. The lowest BCUT2D eigenvalue weighted by Crippen LogP contribution is -2.14. The Morgan fingerprint density at radius 3 is 2.31 bits per heavy atom. The van der Waals surface area contributed by atoms with Crippen LogP contribution >= 0.6 is 0 Å². The summed E-state index contributed by atoms with van der Waals surface area (Å²) in [6.45, 7) is 1.08. The number of aryl methyl sites for hydroxylation is 1. The summed E-state index contributed by atoms with van der Waals surface area (Å²) < 4.78 is 62.1. The molecule has 1 aromatic rings. The van der Waals surface area contributed by atoms with Crippen LogP contribution in [-0.4, -0.2) is 4.98 Å². The summed E-state index contributed by atoms with van der Waals surface area (Å²) in [4.78, 5) is 2.88. The average molecular weight is 236 g/mol. The molecule has 0 aliphatic carbocycles. The summed E-state index contributed by atoms with van der Waals surface area (Å²) in [5.74, 6) is 0. The Bertz CT molecular complexity index is 444. The van der Waals surface area contributed by atoms with Gasteiger partial charge in [0, 0.05) is 0 Å². The summed E-state index contributed by atoms with van der Waals surface area (Å²) in [7, 11) is 0. The van der Waals surface area contributed by atoms with Crippen LogP contribution in [0, 0.1) is 18.3 Å². The normalized spacial score (nSPS) is 11.6. The Morgan fingerprint density at radius 2 is 1.94 bits per heavy atom. The first kappa shape index (κ1) is 12.4. The van der Waals surface area contributed by atoms with Crippen molar-refractivity contribution in [3.63, 3.8) is 0 Å². The minimum absolute atomic E-state index is 0.297. The van der Waals surface area contributed by atoms with Crippen LogP contribution in [0.1, 0.15) is 28.9 Å². The van der Waals surface area contributed by atoms with Crippen molar-refractivity contribution in [3.8, 4) is 6.07 Å². The van der Waals surface area contributed by atoms with Crippen molar-refractivity contribution in [1.82, 2.24) is 4.98 Å². The highest BCUT2D eigenvalue weighted by molar-refractivity contribution is 5.38. The van der Waals surface area contributed by atoms with Gasteiger partial charge in [0.2, 0.25) is 0 Å². The van der Waals surface area contributed by atoms with E-state index >= 15 is 0 Å². The molecule has 0 aliphatic rings. The van der Waals surface area contributed by atoms with E-state index in [1.165, 1.54) is 6.07 Å². The zero-order chi connectivity index (χ0) is 12.5. The Labute approximate surface area is 87.3 Å². The largest absolute Gasteiger partial charge is 0.433 e. The molecule has 16 heavy (non-hydrogen) atoms. The summed E-state index contributed by atoms with van der Waals surface area (Å²) >= 11 is 0. The molecule has 1 heterocycles. The van der Waals surface area contributed by atoms with Gasteiger partial charge < -0.3 is 0 Å². The SMILES string of the molecule is Cc1cc(C#N)nc(C(F)(F)F)c1C(F)F. The third-order valence-corrected chi connectivity index (χ3v) is 1.87. The van der Waals surface area contributed by atoms with Crippen molar-refractivity contribution in [1.29, 1.82) is 5.26 Å². The predicted molar refractivity (Wildman–Crippen MR) is 43.6 cm³/mol. The Morgan fingerprint density at radius 1 is 1.38 bits per heavy atom. The van der Waals surface area contributed by atoms with Gasteiger partial charge in [-0.3, -0.25) is 0 Å². The van der Waals surface area contributed by atoms with E-state index in [-0.39, 0.29) is 5.56 Å². The van der Waals surface area contributed by atoms with Crippen LogP contribution in [0.4, 0.5) is 22.0 Å². The Hall–Kier alpha value is -1.71. The summed E-state index contributed by atoms with van der Waals surface area (Å²) in [5.41, 5.74) is -3.70. The third kappa shape index (κ3) is 2.27. The van der Waals surface area contributed by atoms with Crippen LogP contribution in [0.15, 0.2) is 6.07 Å². The van der Waals surface area contributed by atoms with E-state index in [9.17, 15) is 22.0 Å². The van der Waals surface area contributed by atoms with E-state index < -0.39 is 29.6 Å². The van der Waals surface area contributed by atoms with Crippen molar-refractivity contribution in [3.05, 3.63) is 28.6 Å². The standard InChI is InChI=1S/C9H5F5N2/c1-4-2-5(3-15)16-7(9(12,13)14)6(4)8(10)11/h2,8H,1H3. The highest BCUT2D eigenvalue weighted by Crippen LogP contribution is 2.36. The summed E-state index contributed by atoms with van der Waals surface area (Å²) in [5, 5.41) is 8.41. The van der Waals surface area contributed by atoms with Gasteiger partial charge in [0.05, 0.1) is 5.56 Å². The fourth-order valence-electron chi connectivity index (χ4n) is 1.23. The smallest absolute Gasteiger partial charge is 0.232 e. The maximum absolute atomic E-state index is 12.4. The third-order valence-electron chi connectivity index (χ3n) is 1.87. The number of nitrogens with zero attached hydrogens (tertiary/aromatic N) is 2. The van der Waals surface area contributed by atoms with Crippen molar-refractivity contribution in [2.45, 2.75) is 19.5 Å². The van der Waals surface area contributed by atoms with E-state index in [1.807, 2.05) is 0 Å². The topological polar surface area (TPSA) is 36.7 Å². The van der Waals surface area contributed by atoms with Crippen molar-refractivity contribution in [2.24, 2.45) is 0 Å². The Kier molecular flexibility index (Phi) is 3.12. The molecule has 7 heteroatoms. The molecule has 0 bridgehead atoms. The molecule has 0 spiro atoms. The maximum Gasteiger partial charge on any atom is 0.433 e. The van der Waals surface area contributed by atoms with Crippen molar-refractivity contribution < 1.29 is 22.0 Å². The van der Waals surface area contributed by atoms with Gasteiger partial charge >= 0.3 is 6.18 Å². The van der Waals surface area contributed by atoms with Crippen LogP contribution in [0.25, 0.3) is 0 Å². The quantitative estimate of drug-likeness (QED) is 0.702. The maximum atomic E-state index is 12.4. The van der Waals surface area contributed by atoms with E-state index in [2.05, 4.69) is 4.98 Å². The van der Waals surface area contributed by atoms with E-state index in [0.29, 0.717) is 0 Å². The number of alkyl halides is 5. The lowest BCUT2D eigenvalue weighted by Gasteiger charge is -2.13. The number of pyridine rings is 1. The van der Waals surface area contributed by atoms with Crippen LogP contribution in [0.5, 0.6) is 0 Å². The highest BCUT2D eigenvalue weighted by atomic mass is 19.4. The molecule has 0 aliphatic heterocycles. The second-order valence-electron chi connectivity index (χ2n) is 3.00. The van der Waals surface area contributed by atoms with Crippen LogP contribution in [-0.2, 0) is 6.18 Å². The fraction of sp³-hybridized carbons (Fsp3) is 0.333.